The molecule has 266 valence electrons. The van der Waals surface area contributed by atoms with E-state index in [4.69, 9.17) is 20.7 Å². The third kappa shape index (κ3) is 13.1. The number of ether oxygens (including phenoxy) is 1. The molecule has 2 aromatic carbocycles. The van der Waals surface area contributed by atoms with Crippen molar-refractivity contribution in [3.63, 3.8) is 0 Å². The number of nitrogens with two attached hydrogens (primary N) is 1. The van der Waals surface area contributed by atoms with E-state index in [0.717, 1.165) is 17.0 Å². The second kappa shape index (κ2) is 16.7. The molecule has 3 amide bonds. The number of amides is 3. The van der Waals surface area contributed by atoms with Crippen molar-refractivity contribution in [2.45, 2.75) is 53.7 Å². The van der Waals surface area contributed by atoms with Crippen LogP contribution >= 0.6 is 11.8 Å². The predicted octanol–water partition coefficient (Wildman–Crippen LogP) is 3.85. The molecule has 0 aliphatic heterocycles. The van der Waals surface area contributed by atoms with Gasteiger partial charge in [-0.2, -0.15) is 13.2 Å². The van der Waals surface area contributed by atoms with Crippen molar-refractivity contribution in [2.24, 2.45) is 11.7 Å². The predicted molar refractivity (Wildman–Crippen MR) is 158 cm³/mol. The number of sulfone groups is 1. The van der Waals surface area contributed by atoms with Crippen molar-refractivity contribution in [2.75, 3.05) is 23.9 Å². The van der Waals surface area contributed by atoms with Crippen molar-refractivity contribution in [3.05, 3.63) is 48.0 Å². The van der Waals surface area contributed by atoms with Gasteiger partial charge in [-0.05, 0) is 73.9 Å². The van der Waals surface area contributed by atoms with Crippen LogP contribution in [-0.2, 0) is 19.4 Å². The summed E-state index contributed by atoms with van der Waals surface area (Å²) in [4.78, 5) is 46.4. The Morgan fingerprint density at radius 3 is 2.12 bits per heavy atom. The highest BCUT2D eigenvalue weighted by molar-refractivity contribution is 7.98. The maximum atomic E-state index is 13.1. The summed E-state index contributed by atoms with van der Waals surface area (Å²) in [5.74, 6) is -5.96. The average Bonchev–Trinajstić information content (AvgIpc) is 2.97. The molecule has 21 heteroatoms. The summed E-state index contributed by atoms with van der Waals surface area (Å²) in [6.45, 7) is -0.628. The van der Waals surface area contributed by atoms with Crippen molar-refractivity contribution in [3.8, 4) is 5.75 Å². The Morgan fingerprint density at radius 1 is 1.00 bits per heavy atom. The number of anilines is 1. The van der Waals surface area contributed by atoms with Crippen LogP contribution in [0.15, 0.2) is 52.3 Å². The number of hydrogen-bond donors (Lipinski definition) is 6. The fourth-order valence-corrected chi connectivity index (χ4v) is 6.56. The second-order valence-corrected chi connectivity index (χ2v) is 13.0. The zero-order valence-corrected chi connectivity index (χ0v) is 26.4. The lowest BCUT2D eigenvalue weighted by molar-refractivity contribution is -0.274. The minimum absolute atomic E-state index is 0.157. The number of rotatable bonds is 10. The maximum Gasteiger partial charge on any atom is 0.573 e. The summed E-state index contributed by atoms with van der Waals surface area (Å²) in [5.41, 5.74) is 5.21. The summed E-state index contributed by atoms with van der Waals surface area (Å²) in [7, 11) is -3.68. The van der Waals surface area contributed by atoms with E-state index in [9.17, 15) is 49.1 Å². The standard InChI is InChI=1S/C25H29F3N4O7S2.C2HF3O2/c1-40-17-5-7-18(8-6-17)41(37,38)13-14-2-3-15(29)10-21(14)31-22(33)12-30-23(34)19-11-16(39-25(26,27)28)4-9-20(19)32-24(35)36;3-2(4,5)1(6)7/h4-9,11,14-15,21,32H,2-3,10,12-13,29H2,1H3,(H,30,34)(H,31,33)(H,35,36);(H,6,7). The number of nitrogens with one attached hydrogen (secondary N) is 3. The number of aliphatic carboxylic acids is 1. The lowest BCUT2D eigenvalue weighted by atomic mass is 9.83. The molecule has 7 N–H and O–H groups in total. The van der Waals surface area contributed by atoms with Crippen LogP contribution < -0.4 is 26.4 Å². The van der Waals surface area contributed by atoms with E-state index in [1.165, 1.54) is 23.9 Å². The van der Waals surface area contributed by atoms with Crippen molar-refractivity contribution < 1.29 is 68.9 Å². The molecular weight excluding hydrogens is 702 g/mol. The summed E-state index contributed by atoms with van der Waals surface area (Å²) in [6.07, 6.45) is -8.54. The molecule has 48 heavy (non-hydrogen) atoms. The quantitative estimate of drug-likeness (QED) is 0.152. The van der Waals surface area contributed by atoms with E-state index in [0.29, 0.717) is 25.3 Å². The Kier molecular flexibility index (Phi) is 13.9. The summed E-state index contributed by atoms with van der Waals surface area (Å²) >= 11 is 1.48. The lowest BCUT2D eigenvalue weighted by Crippen LogP contribution is -2.51. The van der Waals surface area contributed by atoms with Gasteiger partial charge in [0.1, 0.15) is 5.75 Å². The lowest BCUT2D eigenvalue weighted by Gasteiger charge is -2.35. The van der Waals surface area contributed by atoms with Crippen LogP contribution in [0.2, 0.25) is 0 Å². The van der Waals surface area contributed by atoms with E-state index >= 15 is 0 Å². The summed E-state index contributed by atoms with van der Waals surface area (Å²) < 4.78 is 99.5. The molecule has 0 radical (unpaired) electrons. The SMILES string of the molecule is CSc1ccc(S(=O)(=O)CC2CCC(N)CC2NC(=O)CNC(=O)c2cc(OC(F)(F)F)ccc2NC(=O)O)cc1.O=C(O)C(F)(F)F. The second-order valence-electron chi connectivity index (χ2n) is 10.1. The molecular formula is C27H30F6N4O9S2. The zero-order valence-electron chi connectivity index (χ0n) is 24.7. The first-order valence-electron chi connectivity index (χ1n) is 13.5. The maximum absolute atomic E-state index is 13.1. The fraction of sp³-hybridized carbons (Fsp3) is 0.407. The Labute approximate surface area is 273 Å². The molecule has 3 unspecified atom stereocenters. The Morgan fingerprint density at radius 2 is 1.60 bits per heavy atom. The van der Waals surface area contributed by atoms with Gasteiger partial charge in [0.05, 0.1) is 28.4 Å². The van der Waals surface area contributed by atoms with Crippen LogP contribution in [0.4, 0.5) is 36.8 Å². The van der Waals surface area contributed by atoms with E-state index in [2.05, 4.69) is 15.4 Å². The number of thioether (sulfide) groups is 1. The number of hydrogen-bond acceptors (Lipinski definition) is 9. The van der Waals surface area contributed by atoms with Gasteiger partial charge in [0.25, 0.3) is 5.91 Å². The van der Waals surface area contributed by atoms with E-state index in [-0.39, 0.29) is 22.4 Å². The van der Waals surface area contributed by atoms with Crippen LogP contribution in [0.25, 0.3) is 0 Å². The molecule has 13 nitrogen and oxygen atoms in total. The first-order valence-corrected chi connectivity index (χ1v) is 16.4. The molecule has 0 aromatic heterocycles. The molecule has 1 aliphatic rings. The molecule has 0 saturated heterocycles. The highest BCUT2D eigenvalue weighted by Crippen LogP contribution is 2.29. The Bertz CT molecular complexity index is 1570. The summed E-state index contributed by atoms with van der Waals surface area (Å²) in [6, 6.07) is 7.98. The van der Waals surface area contributed by atoms with E-state index in [1.807, 2.05) is 11.6 Å². The van der Waals surface area contributed by atoms with Crippen LogP contribution in [0.1, 0.15) is 29.6 Å². The number of carboxylic acid groups (broad SMARTS) is 2. The molecule has 1 aliphatic carbocycles. The van der Waals surface area contributed by atoms with Gasteiger partial charge in [-0.1, -0.05) is 0 Å². The van der Waals surface area contributed by atoms with Gasteiger partial charge < -0.3 is 31.3 Å². The topological polar surface area (TPSA) is 214 Å². The molecule has 0 heterocycles. The smallest absolute Gasteiger partial charge is 0.475 e. The molecule has 3 atom stereocenters. The third-order valence-electron chi connectivity index (χ3n) is 6.60. The Hall–Kier alpha value is -4.24. The molecule has 3 rings (SSSR count). The average molecular weight is 733 g/mol. The van der Waals surface area contributed by atoms with E-state index in [1.54, 1.807) is 12.1 Å². The van der Waals surface area contributed by atoms with Gasteiger partial charge in [0.15, 0.2) is 9.84 Å². The molecule has 1 saturated carbocycles. The van der Waals surface area contributed by atoms with Crippen LogP contribution in [0.5, 0.6) is 5.75 Å². The number of carboxylic acids is 1. The minimum atomic E-state index is -5.08. The fourth-order valence-electron chi connectivity index (χ4n) is 4.45. The van der Waals surface area contributed by atoms with Crippen LogP contribution in [0.3, 0.4) is 0 Å². The molecule has 0 bridgehead atoms. The van der Waals surface area contributed by atoms with Gasteiger partial charge in [0.2, 0.25) is 5.91 Å². The minimum Gasteiger partial charge on any atom is -0.475 e. The van der Waals surface area contributed by atoms with Crippen molar-refractivity contribution >= 4 is 51.2 Å². The number of halogens is 6. The number of carbonyl (C=O) groups excluding carboxylic acids is 2. The third-order valence-corrected chi connectivity index (χ3v) is 9.20. The molecule has 2 aromatic rings. The first-order chi connectivity index (χ1) is 22.1. The Balaban J connectivity index is 0.00000103. The number of alkyl halides is 6. The van der Waals surface area contributed by atoms with Crippen molar-refractivity contribution in [1.29, 1.82) is 0 Å². The van der Waals surface area contributed by atoms with Crippen LogP contribution in [0, 0.1) is 5.92 Å². The largest absolute Gasteiger partial charge is 0.573 e. The first kappa shape index (κ1) is 39.9. The van der Waals surface area contributed by atoms with Crippen molar-refractivity contribution in [1.82, 2.24) is 10.6 Å². The highest BCUT2D eigenvalue weighted by Gasteiger charge is 2.38. The molecule has 1 fully saturated rings. The van der Waals surface area contributed by atoms with Crippen LogP contribution in [-0.4, -0.2) is 85.7 Å². The van der Waals surface area contributed by atoms with Gasteiger partial charge >= 0.3 is 24.6 Å². The highest BCUT2D eigenvalue weighted by atomic mass is 32.2. The zero-order chi connectivity index (χ0) is 36.4. The molecule has 0 spiro atoms. The number of benzene rings is 2. The van der Waals surface area contributed by atoms with Gasteiger partial charge in [-0.3, -0.25) is 14.9 Å². The normalized spacial score (nSPS) is 18.0. The van der Waals surface area contributed by atoms with Gasteiger partial charge in [-0.15, -0.1) is 24.9 Å². The summed E-state index contributed by atoms with van der Waals surface area (Å²) in [5, 5.41) is 22.9. The monoisotopic (exact) mass is 732 g/mol. The van der Waals surface area contributed by atoms with E-state index < -0.39 is 76.1 Å². The van der Waals surface area contributed by atoms with Gasteiger partial charge in [-0.25, -0.2) is 18.0 Å². The number of carbonyl (C=O) groups is 4. The van der Waals surface area contributed by atoms with Gasteiger partial charge in [0, 0.05) is 17.0 Å².